The molecule has 0 unspecified atom stereocenters. The van der Waals surface area contributed by atoms with Crippen molar-refractivity contribution in [3.63, 3.8) is 0 Å². The lowest BCUT2D eigenvalue weighted by Gasteiger charge is -2.38. The van der Waals surface area contributed by atoms with Crippen LogP contribution < -0.4 is 0 Å². The van der Waals surface area contributed by atoms with Crippen LogP contribution in [-0.2, 0) is 14.4 Å². The van der Waals surface area contributed by atoms with Crippen LogP contribution in [0.25, 0.3) is 0 Å². The fourth-order valence-corrected chi connectivity index (χ4v) is 3.94. The van der Waals surface area contributed by atoms with Crippen molar-refractivity contribution in [1.29, 1.82) is 0 Å². The van der Waals surface area contributed by atoms with Crippen LogP contribution >= 0.6 is 0 Å². The highest BCUT2D eigenvalue weighted by Crippen LogP contribution is 2.32. The van der Waals surface area contributed by atoms with E-state index in [0.717, 1.165) is 45.2 Å². The lowest BCUT2D eigenvalue weighted by atomic mass is 9.94. The van der Waals surface area contributed by atoms with Gasteiger partial charge in [0, 0.05) is 57.5 Å². The molecular formula is C20H33N3O3. The normalized spacial score (nSPS) is 22.0. The van der Waals surface area contributed by atoms with E-state index in [2.05, 4.69) is 13.8 Å². The van der Waals surface area contributed by atoms with Gasteiger partial charge in [0.25, 0.3) is 0 Å². The second-order valence-electron chi connectivity index (χ2n) is 8.51. The topological polar surface area (TPSA) is 60.9 Å². The van der Waals surface area contributed by atoms with Crippen molar-refractivity contribution in [2.24, 2.45) is 17.8 Å². The standard InChI is InChI=1S/C20H33N3O3/c1-15(2)3-6-18(24)21-11-13-23(14-12-21)20(26)17-7-9-22(10-8-17)19(25)16-4-5-16/h15-17H,3-14H2,1-2H3. The van der Waals surface area contributed by atoms with Crippen LogP contribution in [-0.4, -0.2) is 71.7 Å². The van der Waals surface area contributed by atoms with Gasteiger partial charge in [0.05, 0.1) is 0 Å². The van der Waals surface area contributed by atoms with Crippen molar-refractivity contribution >= 4 is 17.7 Å². The van der Waals surface area contributed by atoms with Gasteiger partial charge >= 0.3 is 0 Å². The number of carbonyl (C=O) groups excluding carboxylic acids is 3. The molecule has 0 bridgehead atoms. The van der Waals surface area contributed by atoms with E-state index in [0.29, 0.717) is 44.4 Å². The summed E-state index contributed by atoms with van der Waals surface area (Å²) in [6, 6.07) is 0. The van der Waals surface area contributed by atoms with Gasteiger partial charge in [-0.15, -0.1) is 0 Å². The zero-order valence-corrected chi connectivity index (χ0v) is 16.3. The minimum atomic E-state index is 0.0430. The Morgan fingerprint density at radius 3 is 1.69 bits per heavy atom. The molecule has 2 saturated heterocycles. The van der Waals surface area contributed by atoms with E-state index in [9.17, 15) is 14.4 Å². The Labute approximate surface area is 156 Å². The van der Waals surface area contributed by atoms with E-state index in [1.807, 2.05) is 14.7 Å². The molecule has 0 aromatic heterocycles. The number of nitrogens with zero attached hydrogens (tertiary/aromatic N) is 3. The van der Waals surface area contributed by atoms with Crippen LogP contribution in [0.4, 0.5) is 0 Å². The number of carbonyl (C=O) groups is 3. The first-order valence-corrected chi connectivity index (χ1v) is 10.3. The van der Waals surface area contributed by atoms with Gasteiger partial charge in [-0.3, -0.25) is 14.4 Å². The van der Waals surface area contributed by atoms with Crippen molar-refractivity contribution in [2.75, 3.05) is 39.3 Å². The Bertz CT molecular complexity index is 528. The van der Waals surface area contributed by atoms with Crippen LogP contribution in [0.3, 0.4) is 0 Å². The zero-order chi connectivity index (χ0) is 18.7. The molecule has 0 aromatic rings. The predicted octanol–water partition coefficient (Wildman–Crippen LogP) is 1.74. The van der Waals surface area contributed by atoms with Gasteiger partial charge in [-0.25, -0.2) is 0 Å². The Morgan fingerprint density at radius 1 is 0.731 bits per heavy atom. The molecule has 0 atom stereocenters. The highest BCUT2D eigenvalue weighted by molar-refractivity contribution is 5.82. The maximum absolute atomic E-state index is 12.8. The molecule has 6 heteroatoms. The molecule has 3 aliphatic rings. The van der Waals surface area contributed by atoms with Crippen LogP contribution in [0.5, 0.6) is 0 Å². The van der Waals surface area contributed by atoms with Gasteiger partial charge in [0.15, 0.2) is 0 Å². The third-order valence-corrected chi connectivity index (χ3v) is 5.96. The average Bonchev–Trinajstić information content (AvgIpc) is 3.50. The summed E-state index contributed by atoms with van der Waals surface area (Å²) in [5.74, 6) is 1.59. The summed E-state index contributed by atoms with van der Waals surface area (Å²) in [6.45, 7) is 8.31. The lowest BCUT2D eigenvalue weighted by Crippen LogP contribution is -2.53. The van der Waals surface area contributed by atoms with E-state index in [4.69, 9.17) is 0 Å². The minimum absolute atomic E-state index is 0.0430. The van der Waals surface area contributed by atoms with E-state index in [1.165, 1.54) is 0 Å². The molecule has 1 saturated carbocycles. The quantitative estimate of drug-likeness (QED) is 0.747. The minimum Gasteiger partial charge on any atom is -0.342 e. The Hall–Kier alpha value is -1.59. The van der Waals surface area contributed by atoms with E-state index < -0.39 is 0 Å². The van der Waals surface area contributed by atoms with Crippen LogP contribution in [0.1, 0.15) is 52.4 Å². The third-order valence-electron chi connectivity index (χ3n) is 5.96. The Morgan fingerprint density at radius 2 is 1.19 bits per heavy atom. The summed E-state index contributed by atoms with van der Waals surface area (Å²) in [4.78, 5) is 42.9. The van der Waals surface area contributed by atoms with Crippen molar-refractivity contribution in [3.05, 3.63) is 0 Å². The maximum atomic E-state index is 12.8. The highest BCUT2D eigenvalue weighted by atomic mass is 16.2. The SMILES string of the molecule is CC(C)CCC(=O)N1CCN(C(=O)C2CCN(C(=O)C3CC3)CC2)CC1. The number of amides is 3. The molecule has 3 amide bonds. The molecule has 0 spiro atoms. The first-order chi connectivity index (χ1) is 12.5. The summed E-state index contributed by atoms with van der Waals surface area (Å²) >= 11 is 0. The molecular weight excluding hydrogens is 330 g/mol. The molecule has 2 heterocycles. The smallest absolute Gasteiger partial charge is 0.225 e. The monoisotopic (exact) mass is 363 g/mol. The van der Waals surface area contributed by atoms with Gasteiger partial charge < -0.3 is 14.7 Å². The van der Waals surface area contributed by atoms with Crippen molar-refractivity contribution in [1.82, 2.24) is 14.7 Å². The van der Waals surface area contributed by atoms with E-state index in [-0.39, 0.29) is 23.7 Å². The Kier molecular flexibility index (Phi) is 6.20. The molecule has 0 aromatic carbocycles. The number of piperazine rings is 1. The Balaban J connectivity index is 1.40. The second-order valence-corrected chi connectivity index (χ2v) is 8.51. The van der Waals surface area contributed by atoms with Gasteiger partial charge in [-0.2, -0.15) is 0 Å². The van der Waals surface area contributed by atoms with E-state index >= 15 is 0 Å². The van der Waals surface area contributed by atoms with Gasteiger partial charge in [-0.1, -0.05) is 13.8 Å². The number of hydrogen-bond acceptors (Lipinski definition) is 3. The molecule has 0 N–H and O–H groups in total. The number of piperidine rings is 1. The summed E-state index contributed by atoms with van der Waals surface area (Å²) in [5.41, 5.74) is 0. The first-order valence-electron chi connectivity index (χ1n) is 10.3. The lowest BCUT2D eigenvalue weighted by molar-refractivity contribution is -0.145. The van der Waals surface area contributed by atoms with Gasteiger partial charge in [0.1, 0.15) is 0 Å². The van der Waals surface area contributed by atoms with Crippen LogP contribution in [0, 0.1) is 17.8 Å². The number of likely N-dealkylation sites (tertiary alicyclic amines) is 1. The molecule has 2 aliphatic heterocycles. The summed E-state index contributed by atoms with van der Waals surface area (Å²) in [7, 11) is 0. The fraction of sp³-hybridized carbons (Fsp3) is 0.850. The molecule has 0 radical (unpaired) electrons. The predicted molar refractivity (Wildman–Crippen MR) is 99.3 cm³/mol. The molecule has 1 aliphatic carbocycles. The zero-order valence-electron chi connectivity index (χ0n) is 16.3. The molecule has 26 heavy (non-hydrogen) atoms. The van der Waals surface area contributed by atoms with Crippen LogP contribution in [0.2, 0.25) is 0 Å². The molecule has 3 fully saturated rings. The van der Waals surface area contributed by atoms with Crippen molar-refractivity contribution < 1.29 is 14.4 Å². The first kappa shape index (κ1) is 19.2. The molecule has 146 valence electrons. The van der Waals surface area contributed by atoms with Gasteiger partial charge in [-0.05, 0) is 38.0 Å². The summed E-state index contributed by atoms with van der Waals surface area (Å²) in [6.07, 6.45) is 5.18. The maximum Gasteiger partial charge on any atom is 0.225 e. The van der Waals surface area contributed by atoms with Crippen molar-refractivity contribution in [2.45, 2.75) is 52.4 Å². The fourth-order valence-electron chi connectivity index (χ4n) is 3.94. The second kappa shape index (κ2) is 8.40. The van der Waals surface area contributed by atoms with Crippen molar-refractivity contribution in [3.8, 4) is 0 Å². The van der Waals surface area contributed by atoms with Gasteiger partial charge in [0.2, 0.25) is 17.7 Å². The largest absolute Gasteiger partial charge is 0.342 e. The highest BCUT2D eigenvalue weighted by Gasteiger charge is 2.37. The number of hydrogen-bond donors (Lipinski definition) is 0. The van der Waals surface area contributed by atoms with Crippen LogP contribution in [0.15, 0.2) is 0 Å². The third kappa shape index (κ3) is 4.77. The summed E-state index contributed by atoms with van der Waals surface area (Å²) < 4.78 is 0. The molecule has 3 rings (SSSR count). The average molecular weight is 364 g/mol. The summed E-state index contributed by atoms with van der Waals surface area (Å²) in [5, 5.41) is 0. The van der Waals surface area contributed by atoms with E-state index in [1.54, 1.807) is 0 Å². The number of rotatable bonds is 5. The molecule has 6 nitrogen and oxygen atoms in total.